The number of nitrogens with one attached hydrogen (secondary N) is 1. The first-order chi connectivity index (χ1) is 8.78. The van der Waals surface area contributed by atoms with Crippen LogP contribution in [0.1, 0.15) is 30.9 Å². The van der Waals surface area contributed by atoms with E-state index in [0.717, 1.165) is 18.1 Å². The van der Waals surface area contributed by atoms with Crippen molar-refractivity contribution in [3.63, 3.8) is 0 Å². The van der Waals surface area contributed by atoms with Gasteiger partial charge in [-0.25, -0.2) is 0 Å². The summed E-state index contributed by atoms with van der Waals surface area (Å²) < 4.78 is 0. The lowest BCUT2D eigenvalue weighted by Crippen LogP contribution is -2.51. The molecule has 1 aromatic rings. The van der Waals surface area contributed by atoms with Gasteiger partial charge in [-0.2, -0.15) is 0 Å². The Morgan fingerprint density at radius 1 is 1.17 bits per heavy atom. The van der Waals surface area contributed by atoms with Crippen molar-refractivity contribution < 1.29 is 0 Å². The maximum atomic E-state index is 3.44. The smallest absolute Gasteiger partial charge is 0.0179 e. The molecule has 1 saturated heterocycles. The van der Waals surface area contributed by atoms with Gasteiger partial charge in [0.25, 0.3) is 0 Å². The Bertz CT molecular complexity index is 390. The fourth-order valence-corrected chi connectivity index (χ4v) is 3.77. The fourth-order valence-electron chi connectivity index (χ4n) is 3.77. The summed E-state index contributed by atoms with van der Waals surface area (Å²) in [5.74, 6) is 0. The van der Waals surface area contributed by atoms with Gasteiger partial charge in [-0.15, -0.1) is 0 Å². The van der Waals surface area contributed by atoms with Crippen LogP contribution in [0.2, 0.25) is 0 Å². The van der Waals surface area contributed by atoms with E-state index >= 15 is 0 Å². The Morgan fingerprint density at radius 3 is 2.39 bits per heavy atom. The summed E-state index contributed by atoms with van der Waals surface area (Å²) in [6.45, 7) is 3.65. The van der Waals surface area contributed by atoms with Crippen LogP contribution >= 0.6 is 0 Å². The minimum atomic E-state index is 0.718. The third kappa shape index (κ3) is 2.19. The van der Waals surface area contributed by atoms with E-state index in [4.69, 9.17) is 0 Å². The normalized spacial score (nSPS) is 29.4. The fraction of sp³-hybridized carbons (Fsp3) is 0.625. The molecule has 2 heteroatoms. The second-order valence-electron chi connectivity index (χ2n) is 5.93. The number of likely N-dealkylation sites (tertiary alicyclic amines) is 1. The third-order valence-corrected chi connectivity index (χ3v) is 4.83. The Labute approximate surface area is 110 Å². The lowest BCUT2D eigenvalue weighted by molar-refractivity contribution is 0.0936. The first kappa shape index (κ1) is 12.2. The number of rotatable bonds is 2. The molecule has 98 valence electrons. The van der Waals surface area contributed by atoms with Crippen LogP contribution in [0.25, 0.3) is 0 Å². The molecule has 2 nitrogen and oxygen atoms in total. The van der Waals surface area contributed by atoms with Crippen molar-refractivity contribution in [2.45, 2.75) is 50.7 Å². The highest BCUT2D eigenvalue weighted by Gasteiger charge is 2.33. The highest BCUT2D eigenvalue weighted by molar-refractivity contribution is 5.33. The topological polar surface area (TPSA) is 15.3 Å². The third-order valence-electron chi connectivity index (χ3n) is 4.83. The first-order valence-electron chi connectivity index (χ1n) is 7.27. The molecular weight excluding hydrogens is 220 g/mol. The summed E-state index contributed by atoms with van der Waals surface area (Å²) >= 11 is 0. The second-order valence-corrected chi connectivity index (χ2v) is 5.93. The quantitative estimate of drug-likeness (QED) is 0.858. The van der Waals surface area contributed by atoms with Crippen molar-refractivity contribution in [3.05, 3.63) is 35.4 Å². The molecular formula is C16H24N2. The van der Waals surface area contributed by atoms with Gasteiger partial charge in [0.15, 0.2) is 0 Å². The molecule has 2 unspecified atom stereocenters. The molecule has 1 fully saturated rings. The maximum absolute atomic E-state index is 3.44. The largest absolute Gasteiger partial charge is 0.317 e. The second kappa shape index (κ2) is 5.02. The number of hydrogen-bond acceptors (Lipinski definition) is 2. The Kier molecular flexibility index (Phi) is 3.40. The van der Waals surface area contributed by atoms with Crippen molar-refractivity contribution >= 4 is 0 Å². The molecule has 1 aromatic carbocycles. The van der Waals surface area contributed by atoms with Crippen molar-refractivity contribution in [3.8, 4) is 0 Å². The van der Waals surface area contributed by atoms with Crippen molar-refractivity contribution in [2.24, 2.45) is 0 Å². The molecule has 1 aliphatic heterocycles. The zero-order valence-corrected chi connectivity index (χ0v) is 11.5. The van der Waals surface area contributed by atoms with E-state index in [-0.39, 0.29) is 0 Å². The zero-order chi connectivity index (χ0) is 12.5. The molecule has 1 aliphatic carbocycles. The van der Waals surface area contributed by atoms with Gasteiger partial charge in [0, 0.05) is 24.7 Å². The van der Waals surface area contributed by atoms with Gasteiger partial charge in [0.2, 0.25) is 0 Å². The molecule has 3 rings (SSSR count). The average molecular weight is 244 g/mol. The van der Waals surface area contributed by atoms with Crippen LogP contribution in [0.3, 0.4) is 0 Å². The van der Waals surface area contributed by atoms with E-state index in [1.807, 2.05) is 0 Å². The lowest BCUT2D eigenvalue weighted by Gasteiger charge is -2.41. The van der Waals surface area contributed by atoms with Gasteiger partial charge in [0.1, 0.15) is 0 Å². The van der Waals surface area contributed by atoms with Crippen LogP contribution in [-0.4, -0.2) is 36.6 Å². The maximum Gasteiger partial charge on any atom is 0.0179 e. The van der Waals surface area contributed by atoms with Crippen molar-refractivity contribution in [1.29, 1.82) is 0 Å². The van der Waals surface area contributed by atoms with Crippen LogP contribution < -0.4 is 5.32 Å². The van der Waals surface area contributed by atoms with E-state index in [9.17, 15) is 0 Å². The molecule has 1 heterocycles. The minimum absolute atomic E-state index is 0.718. The minimum Gasteiger partial charge on any atom is -0.317 e. The van der Waals surface area contributed by atoms with Gasteiger partial charge in [0.05, 0.1) is 0 Å². The Balaban J connectivity index is 1.68. The standard InChI is InChI=1S/C16H24N2/c1-12-9-15(17-2)7-8-18(12)16-10-13-5-3-4-6-14(13)11-16/h3-6,12,15-17H,7-11H2,1-2H3. The van der Waals surface area contributed by atoms with Gasteiger partial charge in [-0.1, -0.05) is 24.3 Å². The van der Waals surface area contributed by atoms with Crippen LogP contribution in [0, 0.1) is 0 Å². The lowest BCUT2D eigenvalue weighted by atomic mass is 9.96. The van der Waals surface area contributed by atoms with Gasteiger partial charge in [-0.05, 0) is 50.8 Å². The van der Waals surface area contributed by atoms with Crippen LogP contribution in [0.15, 0.2) is 24.3 Å². The number of nitrogens with zero attached hydrogens (tertiary/aromatic N) is 1. The van der Waals surface area contributed by atoms with Crippen LogP contribution in [0.4, 0.5) is 0 Å². The van der Waals surface area contributed by atoms with Crippen molar-refractivity contribution in [2.75, 3.05) is 13.6 Å². The SMILES string of the molecule is CNC1CCN(C2Cc3ccccc3C2)C(C)C1. The molecule has 0 bridgehead atoms. The van der Waals surface area contributed by atoms with Gasteiger partial charge < -0.3 is 5.32 Å². The molecule has 0 spiro atoms. The van der Waals surface area contributed by atoms with Gasteiger partial charge >= 0.3 is 0 Å². The number of piperidine rings is 1. The molecule has 0 saturated carbocycles. The van der Waals surface area contributed by atoms with E-state index in [0.29, 0.717) is 0 Å². The predicted octanol–water partition coefficient (Wildman–Crippen LogP) is 2.23. The summed E-state index contributed by atoms with van der Waals surface area (Å²) in [7, 11) is 2.10. The number of fused-ring (bicyclic) bond motifs is 1. The predicted molar refractivity (Wildman–Crippen MR) is 75.9 cm³/mol. The molecule has 0 aromatic heterocycles. The molecule has 2 aliphatic rings. The van der Waals surface area contributed by atoms with E-state index in [1.54, 1.807) is 11.1 Å². The van der Waals surface area contributed by atoms with Crippen LogP contribution in [0.5, 0.6) is 0 Å². The Hall–Kier alpha value is -0.860. The summed E-state index contributed by atoms with van der Waals surface area (Å²) in [4.78, 5) is 2.74. The molecule has 0 amide bonds. The van der Waals surface area contributed by atoms with Crippen molar-refractivity contribution in [1.82, 2.24) is 10.2 Å². The Morgan fingerprint density at radius 2 is 1.83 bits per heavy atom. The molecule has 1 N–H and O–H groups in total. The highest BCUT2D eigenvalue weighted by Crippen LogP contribution is 2.29. The molecule has 2 atom stereocenters. The molecule has 0 radical (unpaired) electrons. The summed E-state index contributed by atoms with van der Waals surface area (Å²) in [5.41, 5.74) is 3.15. The molecule has 18 heavy (non-hydrogen) atoms. The average Bonchev–Trinajstić information content (AvgIpc) is 2.81. The zero-order valence-electron chi connectivity index (χ0n) is 11.5. The van der Waals surface area contributed by atoms with E-state index in [2.05, 4.69) is 48.5 Å². The van der Waals surface area contributed by atoms with E-state index < -0.39 is 0 Å². The summed E-state index contributed by atoms with van der Waals surface area (Å²) in [6, 6.07) is 11.2. The van der Waals surface area contributed by atoms with E-state index in [1.165, 1.54) is 32.2 Å². The van der Waals surface area contributed by atoms with Gasteiger partial charge in [-0.3, -0.25) is 4.90 Å². The summed E-state index contributed by atoms with van der Waals surface area (Å²) in [6.07, 6.45) is 5.10. The monoisotopic (exact) mass is 244 g/mol. The first-order valence-corrected chi connectivity index (χ1v) is 7.27. The number of benzene rings is 1. The summed E-state index contributed by atoms with van der Waals surface area (Å²) in [5, 5.41) is 3.44. The number of hydrogen-bond donors (Lipinski definition) is 1. The van der Waals surface area contributed by atoms with Crippen LogP contribution in [-0.2, 0) is 12.8 Å². The highest BCUT2D eigenvalue weighted by atomic mass is 15.2.